The lowest BCUT2D eigenvalue weighted by Gasteiger charge is -2.09. The molecule has 1 aliphatic carbocycles. The summed E-state index contributed by atoms with van der Waals surface area (Å²) in [5.74, 6) is 0.292. The van der Waals surface area contributed by atoms with Crippen molar-refractivity contribution in [3.05, 3.63) is 48.0 Å². The second-order valence-corrected chi connectivity index (χ2v) is 4.40. The molecule has 0 aliphatic heterocycles. The van der Waals surface area contributed by atoms with Gasteiger partial charge in [-0.15, -0.1) is 0 Å². The Labute approximate surface area is 98.8 Å². The topological polar surface area (TPSA) is 33.1 Å². The molecule has 1 aromatic carbocycles. The number of phenols is 1. The first-order valence-corrected chi connectivity index (χ1v) is 5.68. The lowest BCUT2D eigenvalue weighted by molar-refractivity contribution is 0.475. The molecule has 1 N–H and O–H groups in total. The van der Waals surface area contributed by atoms with Crippen molar-refractivity contribution in [3.63, 3.8) is 0 Å². The number of hydrogen-bond donors (Lipinski definition) is 1. The molecule has 0 amide bonds. The van der Waals surface area contributed by atoms with Gasteiger partial charge in [0, 0.05) is 23.5 Å². The summed E-state index contributed by atoms with van der Waals surface area (Å²) in [7, 11) is 0. The van der Waals surface area contributed by atoms with E-state index in [9.17, 15) is 9.50 Å². The summed E-state index contributed by atoms with van der Waals surface area (Å²) >= 11 is 0. The van der Waals surface area contributed by atoms with Gasteiger partial charge >= 0.3 is 0 Å². The molecule has 1 fully saturated rings. The molecule has 1 heterocycles. The van der Waals surface area contributed by atoms with Gasteiger partial charge in [0.25, 0.3) is 0 Å². The van der Waals surface area contributed by atoms with Gasteiger partial charge in [-0.2, -0.15) is 0 Å². The van der Waals surface area contributed by atoms with E-state index in [-0.39, 0.29) is 11.6 Å². The molecule has 1 saturated carbocycles. The van der Waals surface area contributed by atoms with Crippen LogP contribution < -0.4 is 0 Å². The van der Waals surface area contributed by atoms with Gasteiger partial charge in [0.1, 0.15) is 11.6 Å². The number of halogens is 1. The fourth-order valence-corrected chi connectivity index (χ4v) is 2.10. The Bertz CT molecular complexity index is 564. The minimum atomic E-state index is -0.344. The van der Waals surface area contributed by atoms with E-state index in [0.29, 0.717) is 11.5 Å². The molecular formula is C14H12FNO. The van der Waals surface area contributed by atoms with Gasteiger partial charge < -0.3 is 5.11 Å². The van der Waals surface area contributed by atoms with Crippen LogP contribution >= 0.6 is 0 Å². The average Bonchev–Trinajstić information content (AvgIpc) is 3.16. The third-order valence-corrected chi connectivity index (χ3v) is 3.12. The smallest absolute Gasteiger partial charge is 0.124 e. The first-order valence-electron chi connectivity index (χ1n) is 5.68. The summed E-state index contributed by atoms with van der Waals surface area (Å²) in [5.41, 5.74) is 2.52. The molecule has 0 radical (unpaired) electrons. The van der Waals surface area contributed by atoms with Gasteiger partial charge in [0.2, 0.25) is 0 Å². The summed E-state index contributed by atoms with van der Waals surface area (Å²) in [6.07, 6.45) is 5.76. The fraction of sp³-hybridized carbons (Fsp3) is 0.214. The van der Waals surface area contributed by atoms with Crippen molar-refractivity contribution in [2.24, 2.45) is 0 Å². The zero-order valence-corrected chi connectivity index (χ0v) is 9.23. The van der Waals surface area contributed by atoms with Crippen molar-refractivity contribution in [3.8, 4) is 16.9 Å². The average molecular weight is 229 g/mol. The number of nitrogens with zero attached hydrogens (tertiary/aromatic N) is 1. The van der Waals surface area contributed by atoms with Crippen LogP contribution in [0.3, 0.4) is 0 Å². The highest BCUT2D eigenvalue weighted by atomic mass is 19.1. The SMILES string of the molecule is Oc1ccc(F)cc1-c1cnccc1C1CC1. The highest BCUT2D eigenvalue weighted by Gasteiger charge is 2.27. The molecule has 3 rings (SSSR count). The van der Waals surface area contributed by atoms with Crippen molar-refractivity contribution in [2.75, 3.05) is 0 Å². The summed E-state index contributed by atoms with van der Waals surface area (Å²) < 4.78 is 13.2. The largest absolute Gasteiger partial charge is 0.507 e. The monoisotopic (exact) mass is 229 g/mol. The molecule has 0 unspecified atom stereocenters. The number of hydrogen-bond acceptors (Lipinski definition) is 2. The molecule has 0 saturated heterocycles. The van der Waals surface area contributed by atoms with E-state index in [1.807, 2.05) is 6.07 Å². The lowest BCUT2D eigenvalue weighted by Crippen LogP contribution is -1.90. The number of aromatic nitrogens is 1. The Morgan fingerprint density at radius 3 is 2.76 bits per heavy atom. The maximum absolute atomic E-state index is 13.2. The van der Waals surface area contributed by atoms with Crippen LogP contribution in [0.5, 0.6) is 5.75 Å². The Hall–Kier alpha value is -1.90. The maximum atomic E-state index is 13.2. The molecule has 0 bridgehead atoms. The van der Waals surface area contributed by atoms with Crippen LogP contribution in [0.25, 0.3) is 11.1 Å². The van der Waals surface area contributed by atoms with Crippen molar-refractivity contribution in [1.29, 1.82) is 0 Å². The van der Waals surface area contributed by atoms with E-state index < -0.39 is 0 Å². The highest BCUT2D eigenvalue weighted by molar-refractivity contribution is 5.73. The Balaban J connectivity index is 2.17. The normalized spacial score (nSPS) is 14.9. The van der Waals surface area contributed by atoms with Gasteiger partial charge in [-0.1, -0.05) is 0 Å². The molecule has 1 aliphatic rings. The highest BCUT2D eigenvalue weighted by Crippen LogP contribution is 2.45. The lowest BCUT2D eigenvalue weighted by atomic mass is 9.98. The minimum Gasteiger partial charge on any atom is -0.507 e. The molecule has 0 spiro atoms. The molecule has 3 heteroatoms. The summed E-state index contributed by atoms with van der Waals surface area (Å²) in [4.78, 5) is 4.07. The van der Waals surface area contributed by atoms with Crippen LogP contribution in [0.15, 0.2) is 36.7 Å². The van der Waals surface area contributed by atoms with E-state index in [1.54, 1.807) is 12.4 Å². The second kappa shape index (κ2) is 3.84. The number of aromatic hydroxyl groups is 1. The molecule has 86 valence electrons. The molecule has 2 aromatic rings. The van der Waals surface area contributed by atoms with E-state index in [0.717, 1.165) is 24.0 Å². The molecule has 0 atom stereocenters. The van der Waals surface area contributed by atoms with E-state index >= 15 is 0 Å². The van der Waals surface area contributed by atoms with Gasteiger partial charge in [0.15, 0.2) is 0 Å². The Morgan fingerprint density at radius 2 is 2.00 bits per heavy atom. The predicted octanol–water partition coefficient (Wildman–Crippen LogP) is 3.47. The van der Waals surface area contributed by atoms with Crippen LogP contribution in [0, 0.1) is 5.82 Å². The van der Waals surface area contributed by atoms with Gasteiger partial charge in [0.05, 0.1) is 0 Å². The van der Waals surface area contributed by atoms with Crippen molar-refractivity contribution < 1.29 is 9.50 Å². The quantitative estimate of drug-likeness (QED) is 0.855. The van der Waals surface area contributed by atoms with Gasteiger partial charge in [-0.25, -0.2) is 4.39 Å². The Kier molecular flexibility index (Phi) is 2.32. The molecule has 2 nitrogen and oxygen atoms in total. The van der Waals surface area contributed by atoms with Crippen molar-refractivity contribution >= 4 is 0 Å². The van der Waals surface area contributed by atoms with Crippen LogP contribution in [0.4, 0.5) is 4.39 Å². The maximum Gasteiger partial charge on any atom is 0.124 e. The third kappa shape index (κ3) is 1.88. The second-order valence-electron chi connectivity index (χ2n) is 4.40. The molecular weight excluding hydrogens is 217 g/mol. The van der Waals surface area contributed by atoms with Crippen molar-refractivity contribution in [1.82, 2.24) is 4.98 Å². The third-order valence-electron chi connectivity index (χ3n) is 3.12. The van der Waals surface area contributed by atoms with Crippen LogP contribution in [0.1, 0.15) is 24.3 Å². The van der Waals surface area contributed by atoms with Gasteiger partial charge in [-0.05, 0) is 48.6 Å². The van der Waals surface area contributed by atoms with Crippen LogP contribution in [0.2, 0.25) is 0 Å². The summed E-state index contributed by atoms with van der Waals surface area (Å²) in [6, 6.07) is 5.95. The fourth-order valence-electron chi connectivity index (χ4n) is 2.10. The zero-order valence-electron chi connectivity index (χ0n) is 9.23. The number of pyridine rings is 1. The predicted molar refractivity (Wildman–Crippen MR) is 63.3 cm³/mol. The van der Waals surface area contributed by atoms with Crippen LogP contribution in [-0.4, -0.2) is 10.1 Å². The first kappa shape index (κ1) is 10.3. The number of phenolic OH excluding ortho intramolecular Hbond substituents is 1. The van der Waals surface area contributed by atoms with E-state index in [4.69, 9.17) is 0 Å². The van der Waals surface area contributed by atoms with Crippen LogP contribution in [-0.2, 0) is 0 Å². The molecule has 17 heavy (non-hydrogen) atoms. The van der Waals surface area contributed by atoms with Gasteiger partial charge in [-0.3, -0.25) is 4.98 Å². The Morgan fingerprint density at radius 1 is 1.18 bits per heavy atom. The summed E-state index contributed by atoms with van der Waals surface area (Å²) in [6.45, 7) is 0. The van der Waals surface area contributed by atoms with E-state index in [1.165, 1.54) is 18.2 Å². The standard InChI is InChI=1S/C14H12FNO/c15-10-3-4-14(17)12(7-10)13-8-16-6-5-11(13)9-1-2-9/h3-9,17H,1-2H2. The summed E-state index contributed by atoms with van der Waals surface area (Å²) in [5, 5.41) is 9.82. The minimum absolute atomic E-state index is 0.0984. The van der Waals surface area contributed by atoms with Crippen molar-refractivity contribution in [2.45, 2.75) is 18.8 Å². The molecule has 1 aromatic heterocycles. The zero-order chi connectivity index (χ0) is 11.8. The van der Waals surface area contributed by atoms with E-state index in [2.05, 4.69) is 4.98 Å². The number of rotatable bonds is 2. The first-order chi connectivity index (χ1) is 8.25. The number of benzene rings is 1.